The molecular weight excluding hydrogens is 406 g/mol. The molecule has 2 aromatic carbocycles. The lowest BCUT2D eigenvalue weighted by Crippen LogP contribution is -2.49. The summed E-state index contributed by atoms with van der Waals surface area (Å²) in [6, 6.07) is 15.9. The highest BCUT2D eigenvalue weighted by molar-refractivity contribution is 7.91. The molecule has 2 aromatic rings. The number of rotatable bonds is 5. The summed E-state index contributed by atoms with van der Waals surface area (Å²) in [6.07, 6.45) is 5.21. The summed E-state index contributed by atoms with van der Waals surface area (Å²) in [4.78, 5) is 16.0. The molecule has 4 nitrogen and oxygen atoms in total. The van der Waals surface area contributed by atoms with Gasteiger partial charge in [-0.3, -0.25) is 4.79 Å². The smallest absolute Gasteiger partial charge is 0.233 e. The summed E-state index contributed by atoms with van der Waals surface area (Å²) >= 11 is 6.06. The van der Waals surface area contributed by atoms with Crippen LogP contribution in [0.15, 0.2) is 59.5 Å². The van der Waals surface area contributed by atoms with Crippen molar-refractivity contribution in [2.24, 2.45) is 0 Å². The Morgan fingerprint density at radius 1 is 1.00 bits per heavy atom. The van der Waals surface area contributed by atoms with Crippen molar-refractivity contribution in [3.8, 4) is 0 Å². The van der Waals surface area contributed by atoms with Gasteiger partial charge in [0.1, 0.15) is 0 Å². The molecule has 0 bridgehead atoms. The minimum Gasteiger partial charge on any atom is -0.338 e. The molecule has 1 aliphatic heterocycles. The first-order chi connectivity index (χ1) is 13.9. The number of halogens is 1. The summed E-state index contributed by atoms with van der Waals surface area (Å²) in [5, 5.41) is 0.655. The Labute approximate surface area is 177 Å². The summed E-state index contributed by atoms with van der Waals surface area (Å²) in [6.45, 7) is 0.628. The molecule has 0 spiro atoms. The Morgan fingerprint density at radius 2 is 1.66 bits per heavy atom. The number of hydrogen-bond donors (Lipinski definition) is 0. The Hall–Kier alpha value is -1.85. The maximum absolute atomic E-state index is 13.8. The van der Waals surface area contributed by atoms with Crippen LogP contribution < -0.4 is 0 Å². The van der Waals surface area contributed by atoms with E-state index < -0.39 is 15.3 Å². The quantitative estimate of drug-likeness (QED) is 0.694. The molecule has 1 atom stereocenters. The minimum absolute atomic E-state index is 0.0144. The first-order valence-corrected chi connectivity index (χ1v) is 12.3. The Bertz CT molecular complexity index is 967. The van der Waals surface area contributed by atoms with Crippen molar-refractivity contribution in [1.82, 2.24) is 4.90 Å². The lowest BCUT2D eigenvalue weighted by Gasteiger charge is -2.36. The molecule has 1 saturated heterocycles. The molecule has 2 aliphatic rings. The van der Waals surface area contributed by atoms with Gasteiger partial charge in [0, 0.05) is 17.6 Å². The van der Waals surface area contributed by atoms with Crippen molar-refractivity contribution in [1.29, 1.82) is 0 Å². The average molecular weight is 432 g/mol. The number of likely N-dealkylation sites (tertiary alicyclic amines) is 1. The maximum atomic E-state index is 13.8. The Kier molecular flexibility index (Phi) is 5.71. The first-order valence-electron chi connectivity index (χ1n) is 10.3. The summed E-state index contributed by atoms with van der Waals surface area (Å²) in [7, 11) is -3.44. The van der Waals surface area contributed by atoms with Crippen LogP contribution in [0.5, 0.6) is 0 Å². The first kappa shape index (κ1) is 20.4. The number of amides is 1. The molecule has 1 saturated carbocycles. The fourth-order valence-electron chi connectivity index (χ4n) is 4.90. The number of carbonyl (C=O) groups is 1. The topological polar surface area (TPSA) is 54.5 Å². The molecule has 1 amide bonds. The number of hydrogen-bond acceptors (Lipinski definition) is 3. The van der Waals surface area contributed by atoms with Gasteiger partial charge in [-0.1, -0.05) is 54.8 Å². The van der Waals surface area contributed by atoms with Crippen molar-refractivity contribution in [3.05, 3.63) is 65.2 Å². The van der Waals surface area contributed by atoms with Crippen LogP contribution in [-0.4, -0.2) is 37.6 Å². The van der Waals surface area contributed by atoms with E-state index in [0.29, 0.717) is 16.5 Å². The predicted octanol–water partition coefficient (Wildman–Crippen LogP) is 4.62. The normalized spacial score (nSPS) is 21.4. The average Bonchev–Trinajstić information content (AvgIpc) is 3.39. The SMILES string of the molecule is O=C(N1CCC[C@H]1CS(=O)(=O)c1ccccc1)C1(c2ccc(Cl)cc2)CCCC1. The van der Waals surface area contributed by atoms with E-state index >= 15 is 0 Å². The molecule has 0 unspecified atom stereocenters. The van der Waals surface area contributed by atoms with Gasteiger partial charge in [-0.15, -0.1) is 0 Å². The largest absolute Gasteiger partial charge is 0.338 e. The molecule has 0 N–H and O–H groups in total. The molecule has 0 radical (unpaired) electrons. The second kappa shape index (κ2) is 8.11. The third kappa shape index (κ3) is 3.95. The van der Waals surface area contributed by atoms with Gasteiger partial charge >= 0.3 is 0 Å². The van der Waals surface area contributed by atoms with E-state index in [-0.39, 0.29) is 17.7 Å². The lowest BCUT2D eigenvalue weighted by atomic mass is 9.77. The zero-order chi connectivity index (χ0) is 20.5. The molecule has 154 valence electrons. The van der Waals surface area contributed by atoms with Gasteiger partial charge < -0.3 is 4.90 Å². The number of carbonyl (C=O) groups excluding carboxylic acids is 1. The van der Waals surface area contributed by atoms with Crippen molar-refractivity contribution >= 4 is 27.3 Å². The fraction of sp³-hybridized carbons (Fsp3) is 0.435. The molecular formula is C23H26ClNO3S. The van der Waals surface area contributed by atoms with Crippen LogP contribution in [0, 0.1) is 0 Å². The Balaban J connectivity index is 1.60. The predicted molar refractivity (Wildman–Crippen MR) is 115 cm³/mol. The zero-order valence-electron chi connectivity index (χ0n) is 16.4. The van der Waals surface area contributed by atoms with Crippen LogP contribution in [-0.2, 0) is 20.0 Å². The zero-order valence-corrected chi connectivity index (χ0v) is 18.0. The van der Waals surface area contributed by atoms with Crippen LogP contribution in [0.25, 0.3) is 0 Å². The van der Waals surface area contributed by atoms with Gasteiger partial charge in [-0.25, -0.2) is 8.42 Å². The van der Waals surface area contributed by atoms with E-state index in [4.69, 9.17) is 11.6 Å². The second-order valence-electron chi connectivity index (χ2n) is 8.19. The van der Waals surface area contributed by atoms with Gasteiger partial charge in [-0.05, 0) is 55.5 Å². The van der Waals surface area contributed by atoms with E-state index in [9.17, 15) is 13.2 Å². The fourth-order valence-corrected chi connectivity index (χ4v) is 6.65. The third-order valence-electron chi connectivity index (χ3n) is 6.42. The van der Waals surface area contributed by atoms with Crippen molar-refractivity contribution in [2.45, 2.75) is 54.9 Å². The lowest BCUT2D eigenvalue weighted by molar-refractivity contribution is -0.137. The maximum Gasteiger partial charge on any atom is 0.233 e. The minimum atomic E-state index is -3.44. The summed E-state index contributed by atoms with van der Waals surface area (Å²) < 4.78 is 25.8. The van der Waals surface area contributed by atoms with Crippen LogP contribution in [0.4, 0.5) is 0 Å². The van der Waals surface area contributed by atoms with E-state index in [1.807, 2.05) is 29.2 Å². The van der Waals surface area contributed by atoms with Gasteiger partial charge in [0.2, 0.25) is 5.91 Å². The monoisotopic (exact) mass is 431 g/mol. The summed E-state index contributed by atoms with van der Waals surface area (Å²) in [5.41, 5.74) is 0.449. The highest BCUT2D eigenvalue weighted by atomic mass is 35.5. The summed E-state index contributed by atoms with van der Waals surface area (Å²) in [5.74, 6) is 0.0718. The molecule has 6 heteroatoms. The standard InChI is InChI=1S/C23H26ClNO3S/c24-19-12-10-18(11-13-19)23(14-4-5-15-23)22(26)25-16-6-7-20(25)17-29(27,28)21-8-2-1-3-9-21/h1-3,8-13,20H,4-7,14-17H2/t20-/m0/s1. The van der Waals surface area contributed by atoms with Crippen LogP contribution >= 0.6 is 11.6 Å². The van der Waals surface area contributed by atoms with Gasteiger partial charge in [0.05, 0.1) is 16.1 Å². The highest BCUT2D eigenvalue weighted by Crippen LogP contribution is 2.44. The van der Waals surface area contributed by atoms with Gasteiger partial charge in [-0.2, -0.15) is 0 Å². The van der Waals surface area contributed by atoms with Crippen LogP contribution in [0.2, 0.25) is 5.02 Å². The van der Waals surface area contributed by atoms with Crippen molar-refractivity contribution in [3.63, 3.8) is 0 Å². The van der Waals surface area contributed by atoms with E-state index in [1.165, 1.54) is 0 Å². The second-order valence-corrected chi connectivity index (χ2v) is 10.7. The number of benzene rings is 2. The molecule has 2 fully saturated rings. The molecule has 4 rings (SSSR count). The molecule has 1 heterocycles. The van der Waals surface area contributed by atoms with Gasteiger partial charge in [0.25, 0.3) is 0 Å². The van der Waals surface area contributed by atoms with E-state index in [1.54, 1.807) is 30.3 Å². The van der Waals surface area contributed by atoms with Crippen molar-refractivity contribution in [2.75, 3.05) is 12.3 Å². The highest BCUT2D eigenvalue weighted by Gasteiger charge is 2.47. The molecule has 1 aliphatic carbocycles. The van der Waals surface area contributed by atoms with Crippen LogP contribution in [0.1, 0.15) is 44.1 Å². The molecule has 0 aromatic heterocycles. The van der Waals surface area contributed by atoms with E-state index in [2.05, 4.69) is 0 Å². The van der Waals surface area contributed by atoms with E-state index in [0.717, 1.165) is 44.1 Å². The number of nitrogens with zero attached hydrogens (tertiary/aromatic N) is 1. The molecule has 29 heavy (non-hydrogen) atoms. The number of sulfone groups is 1. The van der Waals surface area contributed by atoms with Crippen LogP contribution in [0.3, 0.4) is 0 Å². The van der Waals surface area contributed by atoms with Crippen molar-refractivity contribution < 1.29 is 13.2 Å². The third-order valence-corrected chi connectivity index (χ3v) is 8.48. The van der Waals surface area contributed by atoms with Gasteiger partial charge in [0.15, 0.2) is 9.84 Å². The Morgan fingerprint density at radius 3 is 2.31 bits per heavy atom.